The summed E-state index contributed by atoms with van der Waals surface area (Å²) >= 11 is 1.75. The zero-order valence-corrected chi connectivity index (χ0v) is 14.9. The van der Waals surface area contributed by atoms with Gasteiger partial charge in [0.1, 0.15) is 0 Å². The smallest absolute Gasteiger partial charge is 0.224 e. The Bertz CT molecular complexity index is 660. The monoisotopic (exact) mass is 345 g/mol. The van der Waals surface area contributed by atoms with Gasteiger partial charge in [0.05, 0.1) is 12.1 Å². The molecular formula is C17H23N5OS. The first kappa shape index (κ1) is 17.0. The Morgan fingerprint density at radius 3 is 2.58 bits per heavy atom. The van der Waals surface area contributed by atoms with Gasteiger partial charge in [-0.3, -0.25) is 9.89 Å². The molecule has 3 rings (SSSR count). The number of carbonyl (C=O) groups is 1. The van der Waals surface area contributed by atoms with E-state index in [-0.39, 0.29) is 11.9 Å². The lowest BCUT2D eigenvalue weighted by molar-refractivity contribution is -0.121. The normalized spacial score (nSPS) is 20.8. The van der Waals surface area contributed by atoms with E-state index in [1.165, 1.54) is 0 Å². The van der Waals surface area contributed by atoms with Crippen LogP contribution in [0.1, 0.15) is 42.6 Å². The lowest BCUT2D eigenvalue weighted by atomic mass is 9.94. The fourth-order valence-electron chi connectivity index (χ4n) is 3.09. The van der Waals surface area contributed by atoms with Crippen LogP contribution >= 0.6 is 11.8 Å². The van der Waals surface area contributed by atoms with E-state index < -0.39 is 0 Å². The standard InChI is InChI=1S/C17H23N5OS/c1-11-15(12(2)22-21-11)10-16(23)20-13-4-6-14(7-5-13)24-17-18-8-3-9-19-17/h3,8-9,13-14H,4-7,10H2,1-2H3,(H,20,23)(H,21,22). The van der Waals surface area contributed by atoms with Crippen molar-refractivity contribution in [2.75, 3.05) is 0 Å². The van der Waals surface area contributed by atoms with Crippen LogP contribution in [0.5, 0.6) is 0 Å². The van der Waals surface area contributed by atoms with Crippen molar-refractivity contribution in [2.24, 2.45) is 0 Å². The molecule has 0 atom stereocenters. The number of amides is 1. The Hall–Kier alpha value is -1.89. The number of rotatable bonds is 5. The summed E-state index contributed by atoms with van der Waals surface area (Å²) in [6, 6.07) is 2.11. The van der Waals surface area contributed by atoms with Crippen molar-refractivity contribution < 1.29 is 4.79 Å². The Morgan fingerprint density at radius 1 is 1.25 bits per heavy atom. The second-order valence-corrected chi connectivity index (χ2v) is 7.55. The van der Waals surface area contributed by atoms with Crippen LogP contribution < -0.4 is 5.32 Å². The molecule has 0 unspecified atom stereocenters. The van der Waals surface area contributed by atoms with E-state index in [9.17, 15) is 4.79 Å². The molecule has 1 amide bonds. The number of nitrogens with one attached hydrogen (secondary N) is 2. The van der Waals surface area contributed by atoms with Gasteiger partial charge in [-0.25, -0.2) is 9.97 Å². The molecule has 7 heteroatoms. The molecule has 2 aromatic heterocycles. The van der Waals surface area contributed by atoms with E-state index in [1.54, 1.807) is 24.2 Å². The van der Waals surface area contributed by atoms with Gasteiger partial charge >= 0.3 is 0 Å². The summed E-state index contributed by atoms with van der Waals surface area (Å²) in [5.41, 5.74) is 2.90. The second kappa shape index (κ2) is 7.79. The molecular weight excluding hydrogens is 322 g/mol. The van der Waals surface area contributed by atoms with Crippen molar-refractivity contribution in [3.63, 3.8) is 0 Å². The van der Waals surface area contributed by atoms with Gasteiger partial charge in [-0.15, -0.1) is 0 Å². The number of H-pyrrole nitrogens is 1. The molecule has 2 heterocycles. The van der Waals surface area contributed by atoms with Crippen LogP contribution in [0, 0.1) is 13.8 Å². The third kappa shape index (κ3) is 4.35. The minimum atomic E-state index is 0.0881. The predicted molar refractivity (Wildman–Crippen MR) is 93.8 cm³/mol. The van der Waals surface area contributed by atoms with Crippen molar-refractivity contribution >= 4 is 17.7 Å². The largest absolute Gasteiger partial charge is 0.353 e. The summed E-state index contributed by atoms with van der Waals surface area (Å²) in [7, 11) is 0. The summed E-state index contributed by atoms with van der Waals surface area (Å²) in [4.78, 5) is 20.8. The third-order valence-electron chi connectivity index (χ3n) is 4.47. The number of nitrogens with zero attached hydrogens (tertiary/aromatic N) is 3. The Labute approximate surface area is 146 Å². The fraction of sp³-hybridized carbons (Fsp3) is 0.529. The van der Waals surface area contributed by atoms with E-state index in [0.717, 1.165) is 47.8 Å². The molecule has 0 bridgehead atoms. The molecule has 1 aliphatic rings. The molecule has 1 saturated carbocycles. The van der Waals surface area contributed by atoms with E-state index in [4.69, 9.17) is 0 Å². The maximum atomic E-state index is 12.3. The van der Waals surface area contributed by atoms with Crippen molar-refractivity contribution in [3.05, 3.63) is 35.4 Å². The summed E-state index contributed by atoms with van der Waals surface area (Å²) < 4.78 is 0. The van der Waals surface area contributed by atoms with Gasteiger partial charge in [-0.05, 0) is 45.6 Å². The number of aryl methyl sites for hydroxylation is 2. The molecule has 1 aliphatic carbocycles. The van der Waals surface area contributed by atoms with E-state index in [2.05, 4.69) is 25.5 Å². The summed E-state index contributed by atoms with van der Waals surface area (Å²) in [5.74, 6) is 0.0881. The highest BCUT2D eigenvalue weighted by Gasteiger charge is 2.24. The maximum Gasteiger partial charge on any atom is 0.224 e. The van der Waals surface area contributed by atoms with Gasteiger partial charge in [0.25, 0.3) is 0 Å². The topological polar surface area (TPSA) is 83.6 Å². The average molecular weight is 345 g/mol. The number of aromatic amines is 1. The first-order valence-corrected chi connectivity index (χ1v) is 9.23. The van der Waals surface area contributed by atoms with Crippen LogP contribution in [0.3, 0.4) is 0 Å². The van der Waals surface area contributed by atoms with Crippen LogP contribution in [-0.4, -0.2) is 37.4 Å². The molecule has 2 N–H and O–H groups in total. The molecule has 2 aromatic rings. The molecule has 0 spiro atoms. The molecule has 24 heavy (non-hydrogen) atoms. The van der Waals surface area contributed by atoms with Gasteiger partial charge in [-0.1, -0.05) is 11.8 Å². The number of aromatic nitrogens is 4. The SMILES string of the molecule is Cc1n[nH]c(C)c1CC(=O)NC1CCC(Sc2ncccn2)CC1. The van der Waals surface area contributed by atoms with Crippen LogP contribution in [0.15, 0.2) is 23.6 Å². The van der Waals surface area contributed by atoms with Gasteiger partial charge in [0, 0.05) is 34.9 Å². The van der Waals surface area contributed by atoms with Crippen LogP contribution in [-0.2, 0) is 11.2 Å². The Balaban J connectivity index is 1.44. The highest BCUT2D eigenvalue weighted by molar-refractivity contribution is 7.99. The van der Waals surface area contributed by atoms with Gasteiger partial charge in [0.2, 0.25) is 5.91 Å². The summed E-state index contributed by atoms with van der Waals surface area (Å²) in [6.07, 6.45) is 8.15. The third-order valence-corrected chi connectivity index (χ3v) is 5.70. The lowest BCUT2D eigenvalue weighted by Gasteiger charge is -2.28. The van der Waals surface area contributed by atoms with Gasteiger partial charge in [-0.2, -0.15) is 5.10 Å². The number of carbonyl (C=O) groups excluding carboxylic acids is 1. The lowest BCUT2D eigenvalue weighted by Crippen LogP contribution is -2.39. The number of thioether (sulfide) groups is 1. The molecule has 0 aromatic carbocycles. The molecule has 0 aliphatic heterocycles. The minimum Gasteiger partial charge on any atom is -0.353 e. The fourth-order valence-corrected chi connectivity index (χ4v) is 4.14. The van der Waals surface area contributed by atoms with Gasteiger partial charge in [0.15, 0.2) is 5.16 Å². The first-order valence-electron chi connectivity index (χ1n) is 8.35. The number of hydrogen-bond donors (Lipinski definition) is 2. The van der Waals surface area contributed by atoms with E-state index in [1.807, 2.05) is 19.9 Å². The van der Waals surface area contributed by atoms with Crippen molar-refractivity contribution in [2.45, 2.75) is 62.4 Å². The Morgan fingerprint density at radius 2 is 1.96 bits per heavy atom. The zero-order valence-electron chi connectivity index (χ0n) is 14.1. The molecule has 0 radical (unpaired) electrons. The van der Waals surface area contributed by atoms with Crippen molar-refractivity contribution in [3.8, 4) is 0 Å². The van der Waals surface area contributed by atoms with Crippen LogP contribution in [0.4, 0.5) is 0 Å². The maximum absolute atomic E-state index is 12.3. The minimum absolute atomic E-state index is 0.0881. The van der Waals surface area contributed by atoms with Crippen molar-refractivity contribution in [1.82, 2.24) is 25.5 Å². The van der Waals surface area contributed by atoms with Crippen LogP contribution in [0.2, 0.25) is 0 Å². The Kier molecular flexibility index (Phi) is 5.50. The highest BCUT2D eigenvalue weighted by atomic mass is 32.2. The second-order valence-electron chi connectivity index (χ2n) is 6.28. The quantitative estimate of drug-likeness (QED) is 0.814. The zero-order chi connectivity index (χ0) is 16.9. The molecule has 6 nitrogen and oxygen atoms in total. The molecule has 128 valence electrons. The average Bonchev–Trinajstić information content (AvgIpc) is 2.89. The first-order chi connectivity index (χ1) is 11.6. The summed E-state index contributed by atoms with van der Waals surface area (Å²) in [5, 5.41) is 11.6. The van der Waals surface area contributed by atoms with Crippen molar-refractivity contribution in [1.29, 1.82) is 0 Å². The predicted octanol–water partition coefficient (Wildman–Crippen LogP) is 2.58. The van der Waals surface area contributed by atoms with E-state index >= 15 is 0 Å². The number of hydrogen-bond acceptors (Lipinski definition) is 5. The summed E-state index contributed by atoms with van der Waals surface area (Å²) in [6.45, 7) is 3.89. The van der Waals surface area contributed by atoms with E-state index in [0.29, 0.717) is 11.7 Å². The highest BCUT2D eigenvalue weighted by Crippen LogP contribution is 2.31. The molecule has 1 fully saturated rings. The van der Waals surface area contributed by atoms with Crippen LogP contribution in [0.25, 0.3) is 0 Å². The molecule has 0 saturated heterocycles. The van der Waals surface area contributed by atoms with Gasteiger partial charge < -0.3 is 5.32 Å².